The molecule has 1 N–H and O–H groups in total. The molecule has 1 aromatic heterocycles. The van der Waals surface area contributed by atoms with Gasteiger partial charge in [0.25, 0.3) is 6.43 Å². The predicted molar refractivity (Wildman–Crippen MR) is 84.9 cm³/mol. The Bertz CT molecular complexity index is 427. The monoisotopic (exact) mass is 316 g/mol. The van der Waals surface area contributed by atoms with E-state index in [1.165, 1.54) is 0 Å². The SMILES string of the molecule is CCN(CCNc1nc(C(C)C)nc(N(C)C)n1)CC(F)F. The molecule has 0 unspecified atom stereocenters. The average molecular weight is 316 g/mol. The molecule has 1 rings (SSSR count). The van der Waals surface area contributed by atoms with Crippen LogP contribution in [0.15, 0.2) is 0 Å². The van der Waals surface area contributed by atoms with Gasteiger partial charge in [-0.15, -0.1) is 0 Å². The lowest BCUT2D eigenvalue weighted by atomic mass is 10.2. The summed E-state index contributed by atoms with van der Waals surface area (Å²) in [6.45, 7) is 7.29. The topological polar surface area (TPSA) is 57.2 Å². The molecule has 0 aromatic carbocycles. The van der Waals surface area contributed by atoms with Crippen LogP contribution in [0, 0.1) is 0 Å². The Morgan fingerprint density at radius 3 is 2.32 bits per heavy atom. The van der Waals surface area contributed by atoms with Crippen molar-refractivity contribution in [2.45, 2.75) is 33.1 Å². The zero-order chi connectivity index (χ0) is 16.7. The Hall–Kier alpha value is -1.57. The lowest BCUT2D eigenvalue weighted by Crippen LogP contribution is -2.33. The van der Waals surface area contributed by atoms with E-state index in [0.717, 1.165) is 0 Å². The molecule has 6 nitrogen and oxygen atoms in total. The van der Waals surface area contributed by atoms with Crippen LogP contribution in [0.4, 0.5) is 20.7 Å². The van der Waals surface area contributed by atoms with Gasteiger partial charge in [-0.1, -0.05) is 20.8 Å². The summed E-state index contributed by atoms with van der Waals surface area (Å²) in [5.41, 5.74) is 0. The Labute approximate surface area is 131 Å². The summed E-state index contributed by atoms with van der Waals surface area (Å²) in [7, 11) is 3.73. The van der Waals surface area contributed by atoms with Gasteiger partial charge in [0.2, 0.25) is 11.9 Å². The molecule has 126 valence electrons. The lowest BCUT2D eigenvalue weighted by molar-refractivity contribution is 0.0927. The molecule has 0 atom stereocenters. The summed E-state index contributed by atoms with van der Waals surface area (Å²) in [6, 6.07) is 0. The molecule has 0 fully saturated rings. The van der Waals surface area contributed by atoms with Crippen LogP contribution in [0.5, 0.6) is 0 Å². The second-order valence-corrected chi connectivity index (χ2v) is 5.58. The van der Waals surface area contributed by atoms with Gasteiger partial charge in [-0.25, -0.2) is 8.78 Å². The molecule has 0 radical (unpaired) electrons. The van der Waals surface area contributed by atoms with Crippen LogP contribution in [0.1, 0.15) is 32.5 Å². The number of hydrogen-bond acceptors (Lipinski definition) is 6. The summed E-state index contributed by atoms with van der Waals surface area (Å²) in [5, 5.41) is 3.10. The maximum Gasteiger partial charge on any atom is 0.251 e. The first-order valence-corrected chi connectivity index (χ1v) is 7.51. The maximum absolute atomic E-state index is 12.4. The number of aromatic nitrogens is 3. The Kier molecular flexibility index (Phi) is 7.37. The molecule has 0 aliphatic heterocycles. The zero-order valence-electron chi connectivity index (χ0n) is 14.0. The first-order valence-electron chi connectivity index (χ1n) is 7.51. The second kappa shape index (κ2) is 8.77. The summed E-state index contributed by atoms with van der Waals surface area (Å²) in [4.78, 5) is 16.6. The van der Waals surface area contributed by atoms with Gasteiger partial charge in [-0.2, -0.15) is 15.0 Å². The van der Waals surface area contributed by atoms with E-state index in [4.69, 9.17) is 0 Å². The van der Waals surface area contributed by atoms with Gasteiger partial charge in [0.05, 0.1) is 6.54 Å². The Balaban J connectivity index is 2.68. The smallest absolute Gasteiger partial charge is 0.251 e. The van der Waals surface area contributed by atoms with Gasteiger partial charge in [0.15, 0.2) is 0 Å². The third-order valence-corrected chi connectivity index (χ3v) is 3.11. The van der Waals surface area contributed by atoms with E-state index in [0.29, 0.717) is 37.4 Å². The minimum atomic E-state index is -2.31. The van der Waals surface area contributed by atoms with Crippen LogP contribution in [-0.4, -0.2) is 66.6 Å². The van der Waals surface area contributed by atoms with Crippen molar-refractivity contribution in [3.8, 4) is 0 Å². The van der Waals surface area contributed by atoms with Crippen molar-refractivity contribution in [3.05, 3.63) is 5.82 Å². The summed E-state index contributed by atoms with van der Waals surface area (Å²) in [5.74, 6) is 1.96. The van der Waals surface area contributed by atoms with E-state index in [1.807, 2.05) is 39.8 Å². The van der Waals surface area contributed by atoms with E-state index in [9.17, 15) is 8.78 Å². The fraction of sp³-hybridized carbons (Fsp3) is 0.786. The van der Waals surface area contributed by atoms with Gasteiger partial charge < -0.3 is 10.2 Å². The zero-order valence-corrected chi connectivity index (χ0v) is 14.0. The second-order valence-electron chi connectivity index (χ2n) is 5.58. The van der Waals surface area contributed by atoms with E-state index in [-0.39, 0.29) is 12.5 Å². The van der Waals surface area contributed by atoms with Crippen molar-refractivity contribution in [1.82, 2.24) is 19.9 Å². The standard InChI is InChI=1S/C14H26F2N6/c1-6-22(9-11(15)16)8-7-17-13-18-12(10(2)3)19-14(20-13)21(4)5/h10-11H,6-9H2,1-5H3,(H,17,18,19,20). The van der Waals surface area contributed by atoms with Crippen LogP contribution in [0.2, 0.25) is 0 Å². The molecular weight excluding hydrogens is 290 g/mol. The van der Waals surface area contributed by atoms with E-state index >= 15 is 0 Å². The van der Waals surface area contributed by atoms with Crippen molar-refractivity contribution in [1.29, 1.82) is 0 Å². The molecule has 0 aliphatic rings. The third-order valence-electron chi connectivity index (χ3n) is 3.11. The van der Waals surface area contributed by atoms with Crippen molar-refractivity contribution >= 4 is 11.9 Å². The van der Waals surface area contributed by atoms with E-state index in [1.54, 1.807) is 4.90 Å². The highest BCUT2D eigenvalue weighted by atomic mass is 19.3. The largest absolute Gasteiger partial charge is 0.353 e. The number of rotatable bonds is 9. The van der Waals surface area contributed by atoms with Gasteiger partial charge in [-0.3, -0.25) is 4.90 Å². The van der Waals surface area contributed by atoms with Crippen molar-refractivity contribution < 1.29 is 8.78 Å². The number of halogens is 2. The van der Waals surface area contributed by atoms with Crippen LogP contribution in [0.3, 0.4) is 0 Å². The number of nitrogens with zero attached hydrogens (tertiary/aromatic N) is 5. The highest BCUT2D eigenvalue weighted by Crippen LogP contribution is 2.14. The first-order chi connectivity index (χ1) is 10.3. The molecule has 8 heteroatoms. The van der Waals surface area contributed by atoms with Gasteiger partial charge in [-0.05, 0) is 6.54 Å². The number of anilines is 2. The van der Waals surface area contributed by atoms with Crippen LogP contribution < -0.4 is 10.2 Å². The highest BCUT2D eigenvalue weighted by molar-refractivity contribution is 5.36. The normalized spacial score (nSPS) is 11.5. The third kappa shape index (κ3) is 6.05. The number of hydrogen-bond donors (Lipinski definition) is 1. The molecule has 22 heavy (non-hydrogen) atoms. The molecule has 0 saturated carbocycles. The Morgan fingerprint density at radius 2 is 1.82 bits per heavy atom. The predicted octanol–water partition coefficient (Wildman–Crippen LogP) is 2.06. The van der Waals surface area contributed by atoms with Gasteiger partial charge >= 0.3 is 0 Å². The lowest BCUT2D eigenvalue weighted by Gasteiger charge is -2.20. The van der Waals surface area contributed by atoms with E-state index in [2.05, 4.69) is 20.3 Å². The maximum atomic E-state index is 12.4. The molecule has 0 amide bonds. The quantitative estimate of drug-likeness (QED) is 0.752. The van der Waals surface area contributed by atoms with Crippen molar-refractivity contribution in [2.75, 3.05) is 50.5 Å². The Morgan fingerprint density at radius 1 is 1.14 bits per heavy atom. The van der Waals surface area contributed by atoms with Gasteiger partial charge in [0.1, 0.15) is 5.82 Å². The summed E-state index contributed by atoms with van der Waals surface area (Å²) in [6.07, 6.45) is -2.31. The molecular formula is C14H26F2N6. The summed E-state index contributed by atoms with van der Waals surface area (Å²) >= 11 is 0. The summed E-state index contributed by atoms with van der Waals surface area (Å²) < 4.78 is 24.8. The first kappa shape index (κ1) is 18.5. The fourth-order valence-corrected chi connectivity index (χ4v) is 1.82. The number of alkyl halides is 2. The molecule has 1 aromatic rings. The molecule has 0 saturated heterocycles. The molecule has 0 spiro atoms. The number of likely N-dealkylation sites (N-methyl/N-ethyl adjacent to an activating group) is 1. The van der Waals surface area contributed by atoms with Crippen molar-refractivity contribution in [2.24, 2.45) is 0 Å². The van der Waals surface area contributed by atoms with Gasteiger partial charge in [0, 0.05) is 33.1 Å². The van der Waals surface area contributed by atoms with Crippen LogP contribution >= 0.6 is 0 Å². The van der Waals surface area contributed by atoms with Crippen LogP contribution in [-0.2, 0) is 0 Å². The number of nitrogens with one attached hydrogen (secondary N) is 1. The minimum absolute atomic E-state index is 0.188. The highest BCUT2D eigenvalue weighted by Gasteiger charge is 2.12. The molecule has 0 aliphatic carbocycles. The minimum Gasteiger partial charge on any atom is -0.353 e. The van der Waals surface area contributed by atoms with Crippen LogP contribution in [0.25, 0.3) is 0 Å². The molecule has 0 bridgehead atoms. The molecule has 1 heterocycles. The fourth-order valence-electron chi connectivity index (χ4n) is 1.82. The van der Waals surface area contributed by atoms with E-state index < -0.39 is 6.43 Å². The average Bonchev–Trinajstić information content (AvgIpc) is 2.45. The van der Waals surface area contributed by atoms with Crippen molar-refractivity contribution in [3.63, 3.8) is 0 Å².